The van der Waals surface area contributed by atoms with Gasteiger partial charge in [0.25, 0.3) is 5.91 Å². The molecule has 6 nitrogen and oxygen atoms in total. The van der Waals surface area contributed by atoms with Crippen molar-refractivity contribution >= 4 is 34.8 Å². The molecule has 0 aliphatic carbocycles. The molecule has 0 aliphatic heterocycles. The van der Waals surface area contributed by atoms with Crippen LogP contribution in [0.15, 0.2) is 12.5 Å². The average Bonchev–Trinajstić information content (AvgIpc) is 2.65. The first-order valence-electron chi connectivity index (χ1n) is 4.96. The molecule has 1 N–H and O–H groups in total. The first-order chi connectivity index (χ1) is 8.50. The van der Waals surface area contributed by atoms with Crippen molar-refractivity contribution in [1.82, 2.24) is 19.7 Å². The highest BCUT2D eigenvalue weighted by molar-refractivity contribution is 6.38. The third-order valence-electron chi connectivity index (χ3n) is 2.47. The highest BCUT2D eigenvalue weighted by Crippen LogP contribution is 2.26. The van der Waals surface area contributed by atoms with Gasteiger partial charge in [-0.2, -0.15) is 5.10 Å². The number of rotatable bonds is 2. The van der Waals surface area contributed by atoms with Crippen molar-refractivity contribution < 1.29 is 4.79 Å². The lowest BCUT2D eigenvalue weighted by molar-refractivity contribution is 0.102. The van der Waals surface area contributed by atoms with Gasteiger partial charge < -0.3 is 5.32 Å². The second-order valence-corrected chi connectivity index (χ2v) is 4.27. The number of carbonyl (C=O) groups excluding carboxylic acids is 1. The molecule has 8 heteroatoms. The molecule has 0 spiro atoms. The molecule has 2 heterocycles. The summed E-state index contributed by atoms with van der Waals surface area (Å²) >= 11 is 11.7. The standard InChI is InChI=1S/C10H9Cl2N5O/c1-5-6(3-15-17(5)2)10(18)16-7-8(11)13-4-14-9(7)12/h3-4H,1-2H3,(H,16,18). The Morgan fingerprint density at radius 2 is 1.94 bits per heavy atom. The maximum absolute atomic E-state index is 12.0. The summed E-state index contributed by atoms with van der Waals surface area (Å²) in [5, 5.41) is 6.73. The van der Waals surface area contributed by atoms with Crippen molar-refractivity contribution in [3.63, 3.8) is 0 Å². The van der Waals surface area contributed by atoms with Crippen molar-refractivity contribution in [2.75, 3.05) is 5.32 Å². The van der Waals surface area contributed by atoms with E-state index in [1.165, 1.54) is 12.5 Å². The molecule has 0 radical (unpaired) electrons. The van der Waals surface area contributed by atoms with E-state index < -0.39 is 0 Å². The van der Waals surface area contributed by atoms with Gasteiger partial charge in [-0.1, -0.05) is 23.2 Å². The summed E-state index contributed by atoms with van der Waals surface area (Å²) in [6.07, 6.45) is 2.69. The summed E-state index contributed by atoms with van der Waals surface area (Å²) < 4.78 is 1.60. The molecule has 1 amide bonds. The third kappa shape index (κ3) is 2.30. The molecule has 0 atom stereocenters. The molecule has 2 rings (SSSR count). The molecule has 18 heavy (non-hydrogen) atoms. The van der Waals surface area contributed by atoms with Crippen molar-refractivity contribution in [1.29, 1.82) is 0 Å². The van der Waals surface area contributed by atoms with E-state index in [0.717, 1.165) is 5.69 Å². The largest absolute Gasteiger partial charge is 0.317 e. The van der Waals surface area contributed by atoms with Gasteiger partial charge in [0.1, 0.15) is 12.0 Å². The van der Waals surface area contributed by atoms with Crippen LogP contribution in [0.4, 0.5) is 5.69 Å². The van der Waals surface area contributed by atoms with E-state index in [-0.39, 0.29) is 21.9 Å². The minimum atomic E-state index is -0.362. The summed E-state index contributed by atoms with van der Waals surface area (Å²) in [6, 6.07) is 0. The minimum Gasteiger partial charge on any atom is -0.317 e. The van der Waals surface area contributed by atoms with E-state index in [2.05, 4.69) is 20.4 Å². The molecule has 94 valence electrons. The molecule has 2 aromatic rings. The fourth-order valence-corrected chi connectivity index (χ4v) is 1.76. The summed E-state index contributed by atoms with van der Waals surface area (Å²) in [5.74, 6) is -0.362. The maximum atomic E-state index is 12.0. The number of carbonyl (C=O) groups is 1. The third-order valence-corrected chi connectivity index (χ3v) is 3.05. The maximum Gasteiger partial charge on any atom is 0.259 e. The second kappa shape index (κ2) is 4.91. The lowest BCUT2D eigenvalue weighted by atomic mass is 10.2. The minimum absolute atomic E-state index is 0.0879. The van der Waals surface area contributed by atoms with Crippen LogP contribution in [-0.2, 0) is 7.05 Å². The van der Waals surface area contributed by atoms with Gasteiger partial charge in [-0.15, -0.1) is 0 Å². The Labute approximate surface area is 113 Å². The topological polar surface area (TPSA) is 72.7 Å². The zero-order valence-corrected chi connectivity index (χ0v) is 11.1. The quantitative estimate of drug-likeness (QED) is 0.858. The predicted molar refractivity (Wildman–Crippen MR) is 68.0 cm³/mol. The van der Waals surface area contributed by atoms with Gasteiger partial charge in [0.2, 0.25) is 0 Å². The van der Waals surface area contributed by atoms with Crippen molar-refractivity contribution in [3.05, 3.63) is 34.1 Å². The zero-order chi connectivity index (χ0) is 13.3. The van der Waals surface area contributed by atoms with Gasteiger partial charge in [0.05, 0.1) is 11.8 Å². The van der Waals surface area contributed by atoms with Crippen LogP contribution < -0.4 is 5.32 Å². The van der Waals surface area contributed by atoms with Crippen LogP contribution in [-0.4, -0.2) is 25.7 Å². The number of halogens is 2. The van der Waals surface area contributed by atoms with Crippen molar-refractivity contribution in [2.24, 2.45) is 7.05 Å². The van der Waals surface area contributed by atoms with Crippen molar-refractivity contribution in [3.8, 4) is 0 Å². The lowest BCUT2D eigenvalue weighted by Crippen LogP contribution is -2.14. The SMILES string of the molecule is Cc1c(C(=O)Nc2c(Cl)ncnc2Cl)cnn1C. The number of amides is 1. The number of nitrogens with one attached hydrogen (secondary N) is 1. The van der Waals surface area contributed by atoms with E-state index in [1.807, 2.05) is 0 Å². The molecule has 0 fully saturated rings. The molecule has 0 saturated carbocycles. The normalized spacial score (nSPS) is 10.4. The lowest BCUT2D eigenvalue weighted by Gasteiger charge is -2.07. The number of nitrogens with zero attached hydrogens (tertiary/aromatic N) is 4. The summed E-state index contributed by atoms with van der Waals surface area (Å²) in [4.78, 5) is 19.5. The monoisotopic (exact) mass is 285 g/mol. The van der Waals surface area contributed by atoms with Crippen molar-refractivity contribution in [2.45, 2.75) is 6.92 Å². The number of hydrogen-bond donors (Lipinski definition) is 1. The van der Waals surface area contributed by atoms with E-state index in [4.69, 9.17) is 23.2 Å². The Morgan fingerprint density at radius 3 is 2.44 bits per heavy atom. The van der Waals surface area contributed by atoms with Crippen LogP contribution in [0.5, 0.6) is 0 Å². The Kier molecular flexibility index (Phi) is 3.49. The first-order valence-corrected chi connectivity index (χ1v) is 5.72. The molecule has 2 aromatic heterocycles. The van der Waals surface area contributed by atoms with Crippen LogP contribution in [0.3, 0.4) is 0 Å². The smallest absolute Gasteiger partial charge is 0.259 e. The number of hydrogen-bond acceptors (Lipinski definition) is 4. The number of aromatic nitrogens is 4. The fraction of sp³-hybridized carbons (Fsp3) is 0.200. The Bertz CT molecular complexity index is 590. The van der Waals surface area contributed by atoms with Crippen LogP contribution >= 0.6 is 23.2 Å². The highest BCUT2D eigenvalue weighted by atomic mass is 35.5. The zero-order valence-electron chi connectivity index (χ0n) is 9.61. The summed E-state index contributed by atoms with van der Waals surface area (Å²) in [7, 11) is 1.75. The first kappa shape index (κ1) is 12.8. The molecule has 0 aromatic carbocycles. The fourth-order valence-electron chi connectivity index (χ4n) is 1.35. The molecule has 0 aliphatic rings. The molecule has 0 bridgehead atoms. The van der Waals surface area contributed by atoms with E-state index in [0.29, 0.717) is 5.56 Å². The van der Waals surface area contributed by atoms with Gasteiger partial charge in [-0.25, -0.2) is 9.97 Å². The Balaban J connectivity index is 2.30. The van der Waals surface area contributed by atoms with Crippen LogP contribution in [0.25, 0.3) is 0 Å². The summed E-state index contributed by atoms with van der Waals surface area (Å²) in [6.45, 7) is 1.78. The molecule has 0 saturated heterocycles. The van der Waals surface area contributed by atoms with Gasteiger partial charge in [0.15, 0.2) is 10.3 Å². The molecular weight excluding hydrogens is 277 g/mol. The van der Waals surface area contributed by atoms with E-state index in [1.54, 1.807) is 18.7 Å². The van der Waals surface area contributed by atoms with Gasteiger partial charge >= 0.3 is 0 Å². The van der Waals surface area contributed by atoms with Crippen LogP contribution in [0.1, 0.15) is 16.1 Å². The predicted octanol–water partition coefficient (Wildman–Crippen LogP) is 2.08. The molecule has 0 unspecified atom stereocenters. The van der Waals surface area contributed by atoms with Crippen LogP contribution in [0, 0.1) is 6.92 Å². The molecular formula is C10H9Cl2N5O. The van der Waals surface area contributed by atoms with E-state index in [9.17, 15) is 4.79 Å². The Hall–Kier alpha value is -1.66. The van der Waals surface area contributed by atoms with Gasteiger partial charge in [-0.3, -0.25) is 9.48 Å². The Morgan fingerprint density at radius 1 is 1.33 bits per heavy atom. The van der Waals surface area contributed by atoms with E-state index >= 15 is 0 Å². The second-order valence-electron chi connectivity index (χ2n) is 3.55. The van der Waals surface area contributed by atoms with Crippen LogP contribution in [0.2, 0.25) is 10.3 Å². The number of anilines is 1. The summed E-state index contributed by atoms with van der Waals surface area (Å²) in [5.41, 5.74) is 1.36. The van der Waals surface area contributed by atoms with Gasteiger partial charge in [-0.05, 0) is 6.92 Å². The van der Waals surface area contributed by atoms with Gasteiger partial charge in [0, 0.05) is 12.7 Å². The average molecular weight is 286 g/mol. The highest BCUT2D eigenvalue weighted by Gasteiger charge is 2.16. The number of aryl methyl sites for hydroxylation is 1.